The van der Waals surface area contributed by atoms with Crippen molar-refractivity contribution < 1.29 is 9.53 Å². The van der Waals surface area contributed by atoms with Crippen LogP contribution in [-0.4, -0.2) is 34.4 Å². The molecule has 3 aromatic rings. The molecule has 1 aliphatic rings. The first kappa shape index (κ1) is 18.5. The zero-order valence-corrected chi connectivity index (χ0v) is 16.3. The minimum absolute atomic E-state index is 0.0956. The number of carbonyl (C=O) groups excluding carboxylic acids is 1. The minimum atomic E-state index is -0.0956. The molecule has 146 valence electrons. The van der Waals surface area contributed by atoms with Crippen LogP contribution in [0.3, 0.4) is 0 Å². The van der Waals surface area contributed by atoms with Crippen molar-refractivity contribution in [1.29, 1.82) is 0 Å². The van der Waals surface area contributed by atoms with E-state index in [1.54, 1.807) is 6.07 Å². The molecule has 2 N–H and O–H groups in total. The fourth-order valence-electron chi connectivity index (χ4n) is 3.59. The summed E-state index contributed by atoms with van der Waals surface area (Å²) in [5, 5.41) is 6.49. The highest BCUT2D eigenvalue weighted by molar-refractivity contribution is 5.97. The Labute approximate surface area is 164 Å². The third-order valence-corrected chi connectivity index (χ3v) is 5.30. The van der Waals surface area contributed by atoms with Gasteiger partial charge >= 0.3 is 0 Å². The quantitative estimate of drug-likeness (QED) is 0.716. The molecule has 0 radical (unpaired) electrons. The van der Waals surface area contributed by atoms with Crippen LogP contribution >= 0.6 is 0 Å². The van der Waals surface area contributed by atoms with Crippen LogP contribution in [0.15, 0.2) is 48.8 Å². The number of hydrogen-bond acceptors (Lipinski definition) is 4. The highest BCUT2D eigenvalue weighted by Crippen LogP contribution is 2.21. The second kappa shape index (κ2) is 8.02. The Hall–Kier alpha value is -2.86. The van der Waals surface area contributed by atoms with Crippen molar-refractivity contribution in [3.05, 3.63) is 65.6 Å². The SMILES string of the molecule is Cc1ccc2nc(COc3ccccc3C(=O)NC3CNCCC3C)cn2c1. The van der Waals surface area contributed by atoms with Crippen molar-refractivity contribution in [2.75, 3.05) is 13.1 Å². The van der Waals surface area contributed by atoms with Crippen molar-refractivity contribution >= 4 is 11.6 Å². The molecule has 0 saturated carbocycles. The van der Waals surface area contributed by atoms with Crippen LogP contribution in [0.5, 0.6) is 5.75 Å². The lowest BCUT2D eigenvalue weighted by atomic mass is 9.94. The molecule has 28 heavy (non-hydrogen) atoms. The van der Waals surface area contributed by atoms with Crippen LogP contribution in [0.4, 0.5) is 0 Å². The van der Waals surface area contributed by atoms with E-state index in [1.807, 2.05) is 54.0 Å². The number of nitrogens with one attached hydrogen (secondary N) is 2. The first-order valence-corrected chi connectivity index (χ1v) is 9.78. The third-order valence-electron chi connectivity index (χ3n) is 5.30. The average molecular weight is 378 g/mol. The minimum Gasteiger partial charge on any atom is -0.486 e. The van der Waals surface area contributed by atoms with Gasteiger partial charge in [-0.3, -0.25) is 4.79 Å². The number of aryl methyl sites for hydroxylation is 1. The van der Waals surface area contributed by atoms with Gasteiger partial charge in [0.2, 0.25) is 0 Å². The van der Waals surface area contributed by atoms with Gasteiger partial charge in [-0.1, -0.05) is 25.1 Å². The Balaban J connectivity index is 1.46. The van der Waals surface area contributed by atoms with Gasteiger partial charge in [0.25, 0.3) is 5.91 Å². The zero-order chi connectivity index (χ0) is 19.5. The molecule has 2 aromatic heterocycles. The number of amides is 1. The van der Waals surface area contributed by atoms with Gasteiger partial charge in [0.05, 0.1) is 11.3 Å². The number of aromatic nitrogens is 2. The number of pyridine rings is 1. The number of rotatable bonds is 5. The van der Waals surface area contributed by atoms with Crippen LogP contribution in [0.1, 0.15) is 35.0 Å². The first-order chi connectivity index (χ1) is 13.6. The lowest BCUT2D eigenvalue weighted by Crippen LogP contribution is -2.50. The topological polar surface area (TPSA) is 67.7 Å². The van der Waals surface area contributed by atoms with E-state index in [1.165, 1.54) is 5.56 Å². The Bertz CT molecular complexity index is 982. The largest absolute Gasteiger partial charge is 0.486 e. The van der Waals surface area contributed by atoms with Gasteiger partial charge in [-0.05, 0) is 49.6 Å². The summed E-state index contributed by atoms with van der Waals surface area (Å²) < 4.78 is 7.96. The molecule has 0 bridgehead atoms. The molecule has 2 unspecified atom stereocenters. The Kier molecular flexibility index (Phi) is 5.30. The monoisotopic (exact) mass is 378 g/mol. The maximum Gasteiger partial charge on any atom is 0.255 e. The summed E-state index contributed by atoms with van der Waals surface area (Å²) in [5.41, 5.74) is 3.44. The predicted octanol–water partition coefficient (Wildman–Crippen LogP) is 2.95. The van der Waals surface area contributed by atoms with Crippen molar-refractivity contribution in [3.63, 3.8) is 0 Å². The van der Waals surface area contributed by atoms with Gasteiger partial charge in [-0.15, -0.1) is 0 Å². The van der Waals surface area contributed by atoms with E-state index in [-0.39, 0.29) is 11.9 Å². The molecule has 6 nitrogen and oxygen atoms in total. The van der Waals surface area contributed by atoms with Crippen molar-refractivity contribution in [1.82, 2.24) is 20.0 Å². The smallest absolute Gasteiger partial charge is 0.255 e. The van der Waals surface area contributed by atoms with E-state index in [0.717, 1.165) is 30.9 Å². The summed E-state index contributed by atoms with van der Waals surface area (Å²) in [6.45, 7) is 6.35. The molecule has 1 amide bonds. The molecule has 0 aliphatic carbocycles. The lowest BCUT2D eigenvalue weighted by Gasteiger charge is -2.30. The van der Waals surface area contributed by atoms with Gasteiger partial charge in [-0.25, -0.2) is 4.98 Å². The fourth-order valence-corrected chi connectivity index (χ4v) is 3.59. The second-order valence-corrected chi connectivity index (χ2v) is 7.54. The molecule has 3 heterocycles. The summed E-state index contributed by atoms with van der Waals surface area (Å²) in [6, 6.07) is 11.5. The fraction of sp³-hybridized carbons (Fsp3) is 0.364. The van der Waals surface area contributed by atoms with Crippen LogP contribution in [0.2, 0.25) is 0 Å². The molecule has 1 aromatic carbocycles. The number of benzene rings is 1. The number of hydrogen-bond donors (Lipinski definition) is 2. The Morgan fingerprint density at radius 3 is 3.00 bits per heavy atom. The Morgan fingerprint density at radius 1 is 1.29 bits per heavy atom. The standard InChI is InChI=1S/C22H26N4O2/c1-15-7-8-21-24-17(13-26(21)12-15)14-28-20-6-4-3-5-18(20)22(27)25-19-11-23-10-9-16(19)2/h3-8,12-13,16,19,23H,9-11,14H2,1-2H3,(H,25,27). The van der Waals surface area contributed by atoms with Crippen LogP contribution in [-0.2, 0) is 6.61 Å². The maximum absolute atomic E-state index is 12.8. The van der Waals surface area contributed by atoms with Gasteiger partial charge < -0.3 is 19.8 Å². The highest BCUT2D eigenvalue weighted by atomic mass is 16.5. The number of piperidine rings is 1. The summed E-state index contributed by atoms with van der Waals surface area (Å²) >= 11 is 0. The van der Waals surface area contributed by atoms with Crippen molar-refractivity contribution in [2.45, 2.75) is 32.9 Å². The van der Waals surface area contributed by atoms with Gasteiger partial charge in [0.15, 0.2) is 0 Å². The van der Waals surface area contributed by atoms with Crippen LogP contribution in [0.25, 0.3) is 5.65 Å². The van der Waals surface area contributed by atoms with Gasteiger partial charge in [0, 0.05) is 25.0 Å². The molecule has 2 atom stereocenters. The molecule has 1 saturated heterocycles. The molecular weight excluding hydrogens is 352 g/mol. The molecule has 4 rings (SSSR count). The van der Waals surface area contributed by atoms with E-state index in [4.69, 9.17) is 4.74 Å². The van der Waals surface area contributed by atoms with Crippen LogP contribution < -0.4 is 15.4 Å². The predicted molar refractivity (Wildman–Crippen MR) is 109 cm³/mol. The van der Waals surface area contributed by atoms with Crippen molar-refractivity contribution in [3.8, 4) is 5.75 Å². The molecule has 1 fully saturated rings. The van der Waals surface area contributed by atoms with E-state index in [2.05, 4.69) is 22.5 Å². The number of fused-ring (bicyclic) bond motifs is 1. The summed E-state index contributed by atoms with van der Waals surface area (Å²) in [4.78, 5) is 17.4. The van der Waals surface area contributed by atoms with E-state index in [0.29, 0.717) is 23.8 Å². The molecule has 1 aliphatic heterocycles. The number of para-hydroxylation sites is 1. The lowest BCUT2D eigenvalue weighted by molar-refractivity contribution is 0.0910. The first-order valence-electron chi connectivity index (χ1n) is 9.78. The molecule has 6 heteroatoms. The van der Waals surface area contributed by atoms with Crippen molar-refractivity contribution in [2.24, 2.45) is 5.92 Å². The number of ether oxygens (including phenoxy) is 1. The summed E-state index contributed by atoms with van der Waals surface area (Å²) in [7, 11) is 0. The van der Waals surface area contributed by atoms with Gasteiger partial charge in [0.1, 0.15) is 18.0 Å². The van der Waals surface area contributed by atoms with Gasteiger partial charge in [-0.2, -0.15) is 0 Å². The zero-order valence-electron chi connectivity index (χ0n) is 16.3. The number of imidazole rings is 1. The summed E-state index contributed by atoms with van der Waals surface area (Å²) in [5.74, 6) is 0.936. The molecular formula is C22H26N4O2. The van der Waals surface area contributed by atoms with E-state index >= 15 is 0 Å². The summed E-state index contributed by atoms with van der Waals surface area (Å²) in [6.07, 6.45) is 5.06. The number of nitrogens with zero attached hydrogens (tertiary/aromatic N) is 2. The second-order valence-electron chi connectivity index (χ2n) is 7.54. The highest BCUT2D eigenvalue weighted by Gasteiger charge is 2.24. The van der Waals surface area contributed by atoms with Crippen LogP contribution in [0, 0.1) is 12.8 Å². The van der Waals surface area contributed by atoms with E-state index < -0.39 is 0 Å². The maximum atomic E-state index is 12.8. The number of carbonyl (C=O) groups is 1. The third kappa shape index (κ3) is 4.02. The average Bonchev–Trinajstić information content (AvgIpc) is 3.10. The Morgan fingerprint density at radius 2 is 2.14 bits per heavy atom. The molecule has 0 spiro atoms. The normalized spacial score (nSPS) is 19.5. The van der Waals surface area contributed by atoms with E-state index in [9.17, 15) is 4.79 Å².